The van der Waals surface area contributed by atoms with Crippen LogP contribution in [0, 0.1) is 11.6 Å². The molecule has 6 heteroatoms. The molecule has 1 aliphatic rings. The van der Waals surface area contributed by atoms with Crippen molar-refractivity contribution in [2.45, 2.75) is 26.3 Å². The van der Waals surface area contributed by atoms with E-state index in [1.807, 2.05) is 13.8 Å². The Balaban J connectivity index is 2.27. The zero-order valence-electron chi connectivity index (χ0n) is 11.6. The molecule has 2 heterocycles. The fourth-order valence-corrected chi connectivity index (χ4v) is 2.40. The predicted octanol–water partition coefficient (Wildman–Crippen LogP) is 2.79. The smallest absolute Gasteiger partial charge is 0.255 e. The van der Waals surface area contributed by atoms with Gasteiger partial charge in [-0.1, -0.05) is 19.9 Å². The number of benzene rings is 1. The molecule has 2 aromatic rings. The first-order valence-corrected chi connectivity index (χ1v) is 6.62. The quantitative estimate of drug-likeness (QED) is 0.925. The van der Waals surface area contributed by atoms with E-state index in [2.05, 4.69) is 15.3 Å². The van der Waals surface area contributed by atoms with E-state index in [0.29, 0.717) is 17.0 Å². The fourth-order valence-electron chi connectivity index (χ4n) is 2.40. The number of fused-ring (bicyclic) bond motifs is 1. The second kappa shape index (κ2) is 4.87. The summed E-state index contributed by atoms with van der Waals surface area (Å²) >= 11 is 0. The normalized spacial score (nSPS) is 13.5. The van der Waals surface area contributed by atoms with Crippen molar-refractivity contribution in [2.75, 3.05) is 0 Å². The maximum atomic E-state index is 13.9. The van der Waals surface area contributed by atoms with Crippen molar-refractivity contribution < 1.29 is 13.6 Å². The molecule has 3 rings (SSSR count). The highest BCUT2D eigenvalue weighted by molar-refractivity contribution is 5.99. The average Bonchev–Trinajstić information content (AvgIpc) is 2.79. The highest BCUT2D eigenvalue weighted by Gasteiger charge is 2.28. The molecule has 1 N–H and O–H groups in total. The lowest BCUT2D eigenvalue weighted by atomic mass is 10.0. The number of aromatic nitrogens is 2. The minimum atomic E-state index is -0.720. The van der Waals surface area contributed by atoms with Crippen LogP contribution in [-0.4, -0.2) is 15.9 Å². The number of rotatable bonds is 2. The van der Waals surface area contributed by atoms with Gasteiger partial charge in [0.2, 0.25) is 0 Å². The van der Waals surface area contributed by atoms with Crippen molar-refractivity contribution in [1.82, 2.24) is 15.3 Å². The van der Waals surface area contributed by atoms with Crippen LogP contribution in [0.15, 0.2) is 18.2 Å². The summed E-state index contributed by atoms with van der Waals surface area (Å²) in [7, 11) is 0. The summed E-state index contributed by atoms with van der Waals surface area (Å²) in [6, 6.07) is 3.61. The number of hydrogen-bond acceptors (Lipinski definition) is 3. The van der Waals surface area contributed by atoms with Gasteiger partial charge in [0.15, 0.2) is 5.82 Å². The van der Waals surface area contributed by atoms with E-state index in [4.69, 9.17) is 0 Å². The maximum Gasteiger partial charge on any atom is 0.255 e. The van der Waals surface area contributed by atoms with Crippen molar-refractivity contribution in [3.63, 3.8) is 0 Å². The number of halogens is 2. The minimum absolute atomic E-state index is 0.0236. The monoisotopic (exact) mass is 289 g/mol. The van der Waals surface area contributed by atoms with Gasteiger partial charge in [-0.05, 0) is 18.1 Å². The van der Waals surface area contributed by atoms with Crippen LogP contribution in [0.3, 0.4) is 0 Å². The van der Waals surface area contributed by atoms with Crippen molar-refractivity contribution in [3.05, 3.63) is 46.8 Å². The molecule has 1 aromatic carbocycles. The molecule has 4 nitrogen and oxygen atoms in total. The van der Waals surface area contributed by atoms with Gasteiger partial charge in [-0.25, -0.2) is 18.7 Å². The van der Waals surface area contributed by atoms with Crippen LogP contribution in [0.5, 0.6) is 0 Å². The van der Waals surface area contributed by atoms with Crippen LogP contribution >= 0.6 is 0 Å². The molecule has 1 amide bonds. The van der Waals surface area contributed by atoms with Gasteiger partial charge in [0, 0.05) is 0 Å². The molecule has 0 bridgehead atoms. The van der Waals surface area contributed by atoms with Gasteiger partial charge in [-0.3, -0.25) is 4.79 Å². The summed E-state index contributed by atoms with van der Waals surface area (Å²) < 4.78 is 27.8. The van der Waals surface area contributed by atoms with Gasteiger partial charge in [-0.15, -0.1) is 0 Å². The van der Waals surface area contributed by atoms with Gasteiger partial charge in [0.25, 0.3) is 5.91 Å². The number of nitrogens with zero attached hydrogens (tertiary/aromatic N) is 2. The molecule has 0 spiro atoms. The van der Waals surface area contributed by atoms with E-state index < -0.39 is 11.6 Å². The van der Waals surface area contributed by atoms with E-state index in [1.54, 1.807) is 0 Å². The first kappa shape index (κ1) is 13.6. The number of carbonyl (C=O) groups excluding carboxylic acids is 1. The fraction of sp³-hybridized carbons (Fsp3) is 0.267. The average molecular weight is 289 g/mol. The van der Waals surface area contributed by atoms with E-state index >= 15 is 0 Å². The van der Waals surface area contributed by atoms with Crippen molar-refractivity contribution in [2.24, 2.45) is 0 Å². The Morgan fingerprint density at radius 3 is 2.43 bits per heavy atom. The SMILES string of the molecule is CC(C)c1nc(-c2c(F)cccc2F)nc2c1C(=O)NC2. The van der Waals surface area contributed by atoms with Gasteiger partial charge >= 0.3 is 0 Å². The third-order valence-electron chi connectivity index (χ3n) is 3.39. The summed E-state index contributed by atoms with van der Waals surface area (Å²) in [6.45, 7) is 3.99. The lowest BCUT2D eigenvalue weighted by Gasteiger charge is -2.12. The van der Waals surface area contributed by atoms with Gasteiger partial charge in [0.05, 0.1) is 29.1 Å². The highest BCUT2D eigenvalue weighted by Crippen LogP contribution is 2.29. The Hall–Kier alpha value is -2.37. The molecule has 1 aromatic heterocycles. The molecule has 0 atom stereocenters. The van der Waals surface area contributed by atoms with Gasteiger partial charge < -0.3 is 5.32 Å². The molecule has 0 saturated heterocycles. The molecule has 21 heavy (non-hydrogen) atoms. The summed E-state index contributed by atoms with van der Waals surface area (Å²) in [6.07, 6.45) is 0. The Morgan fingerprint density at radius 2 is 1.81 bits per heavy atom. The topological polar surface area (TPSA) is 54.9 Å². The molecule has 108 valence electrons. The molecule has 0 unspecified atom stereocenters. The van der Waals surface area contributed by atoms with Crippen LogP contribution in [-0.2, 0) is 6.54 Å². The molecule has 0 saturated carbocycles. The molecular weight excluding hydrogens is 276 g/mol. The molecule has 0 radical (unpaired) electrons. The Labute approximate surface area is 120 Å². The predicted molar refractivity (Wildman–Crippen MR) is 72.6 cm³/mol. The van der Waals surface area contributed by atoms with Crippen molar-refractivity contribution in [3.8, 4) is 11.4 Å². The Bertz CT molecular complexity index is 724. The summed E-state index contributed by atoms with van der Waals surface area (Å²) in [4.78, 5) is 20.2. The zero-order chi connectivity index (χ0) is 15.1. The first-order valence-electron chi connectivity index (χ1n) is 6.62. The number of nitrogens with one attached hydrogen (secondary N) is 1. The molecular formula is C15H13F2N3O. The van der Waals surface area contributed by atoms with Crippen LogP contribution in [0.4, 0.5) is 8.78 Å². The second-order valence-electron chi connectivity index (χ2n) is 5.19. The lowest BCUT2D eigenvalue weighted by molar-refractivity contribution is 0.0964. The molecule has 0 fully saturated rings. The maximum absolute atomic E-state index is 13.9. The van der Waals surface area contributed by atoms with E-state index in [9.17, 15) is 13.6 Å². The number of hydrogen-bond donors (Lipinski definition) is 1. The minimum Gasteiger partial charge on any atom is -0.346 e. The Kier molecular flexibility index (Phi) is 3.16. The molecule has 1 aliphatic heterocycles. The zero-order valence-corrected chi connectivity index (χ0v) is 11.6. The Morgan fingerprint density at radius 1 is 1.14 bits per heavy atom. The first-order chi connectivity index (χ1) is 9.99. The van der Waals surface area contributed by atoms with E-state index in [1.165, 1.54) is 6.07 Å². The van der Waals surface area contributed by atoms with Crippen LogP contribution < -0.4 is 5.32 Å². The van der Waals surface area contributed by atoms with Gasteiger partial charge in [-0.2, -0.15) is 0 Å². The number of carbonyl (C=O) groups is 1. The van der Waals surface area contributed by atoms with Crippen LogP contribution in [0.2, 0.25) is 0 Å². The highest BCUT2D eigenvalue weighted by atomic mass is 19.1. The molecule has 0 aliphatic carbocycles. The second-order valence-corrected chi connectivity index (χ2v) is 5.19. The number of amides is 1. The van der Waals surface area contributed by atoms with Crippen LogP contribution in [0.1, 0.15) is 41.5 Å². The third kappa shape index (κ3) is 2.16. The van der Waals surface area contributed by atoms with Crippen LogP contribution in [0.25, 0.3) is 11.4 Å². The standard InChI is InChI=1S/C15H13F2N3O/c1-7(2)13-12-10(6-18-15(12)21)19-14(20-13)11-8(16)4-3-5-9(11)17/h3-5,7H,6H2,1-2H3,(H,18,21). The van der Waals surface area contributed by atoms with Crippen molar-refractivity contribution >= 4 is 5.91 Å². The van der Waals surface area contributed by atoms with Gasteiger partial charge in [0.1, 0.15) is 11.6 Å². The summed E-state index contributed by atoms with van der Waals surface area (Å²) in [5.41, 5.74) is 1.15. The summed E-state index contributed by atoms with van der Waals surface area (Å²) in [5, 5.41) is 2.66. The largest absolute Gasteiger partial charge is 0.346 e. The lowest BCUT2D eigenvalue weighted by Crippen LogP contribution is -2.15. The summed E-state index contributed by atoms with van der Waals surface area (Å²) in [5.74, 6) is -1.76. The van der Waals surface area contributed by atoms with E-state index in [-0.39, 0.29) is 29.8 Å². The third-order valence-corrected chi connectivity index (χ3v) is 3.39. The van der Waals surface area contributed by atoms with E-state index in [0.717, 1.165) is 12.1 Å². The van der Waals surface area contributed by atoms with Crippen molar-refractivity contribution in [1.29, 1.82) is 0 Å².